The lowest BCUT2D eigenvalue weighted by Gasteiger charge is -2.20. The molecule has 0 atom stereocenters. The van der Waals surface area contributed by atoms with E-state index in [2.05, 4.69) is 15.4 Å². The van der Waals surface area contributed by atoms with Crippen LogP contribution in [0.15, 0.2) is 54.9 Å². The van der Waals surface area contributed by atoms with Crippen LogP contribution in [-0.4, -0.2) is 33.8 Å². The number of benzene rings is 1. The van der Waals surface area contributed by atoms with Crippen LogP contribution in [0.4, 0.5) is 0 Å². The third-order valence-corrected chi connectivity index (χ3v) is 5.66. The Morgan fingerprint density at radius 3 is 2.47 bits per heavy atom. The molecule has 1 N–H and O–H groups in total. The molecule has 0 spiro atoms. The summed E-state index contributed by atoms with van der Waals surface area (Å²) in [5, 5.41) is 7.87. The molecular weight excluding hydrogens is 376 g/mol. The molecule has 1 fully saturated rings. The fourth-order valence-corrected chi connectivity index (χ4v) is 3.99. The first-order valence-corrected chi connectivity index (χ1v) is 10.7. The molecule has 156 valence electrons. The minimum Gasteiger partial charge on any atom is -0.497 e. The van der Waals surface area contributed by atoms with E-state index in [0.29, 0.717) is 5.69 Å². The number of methoxy groups -OCH3 is 1. The van der Waals surface area contributed by atoms with Crippen molar-refractivity contribution < 1.29 is 9.53 Å². The number of aromatic nitrogens is 3. The van der Waals surface area contributed by atoms with Crippen LogP contribution in [0, 0.1) is 0 Å². The first-order valence-electron chi connectivity index (χ1n) is 10.7. The second-order valence-corrected chi connectivity index (χ2v) is 7.78. The Kier molecular flexibility index (Phi) is 6.42. The average molecular weight is 405 g/mol. The van der Waals surface area contributed by atoms with Crippen LogP contribution in [0.1, 0.15) is 55.4 Å². The number of amides is 1. The second-order valence-electron chi connectivity index (χ2n) is 7.78. The summed E-state index contributed by atoms with van der Waals surface area (Å²) in [7, 11) is 1.64. The van der Waals surface area contributed by atoms with Gasteiger partial charge in [-0.05, 0) is 55.3 Å². The van der Waals surface area contributed by atoms with Gasteiger partial charge >= 0.3 is 0 Å². The van der Waals surface area contributed by atoms with Crippen molar-refractivity contribution in [2.24, 2.45) is 0 Å². The molecule has 3 aromatic rings. The van der Waals surface area contributed by atoms with Gasteiger partial charge in [-0.15, -0.1) is 0 Å². The number of hydrogen-bond donors (Lipinski definition) is 1. The van der Waals surface area contributed by atoms with Gasteiger partial charge in [0.2, 0.25) is 0 Å². The molecule has 0 aliphatic heterocycles. The minimum atomic E-state index is -0.113. The van der Waals surface area contributed by atoms with E-state index in [-0.39, 0.29) is 11.9 Å². The van der Waals surface area contributed by atoms with E-state index in [4.69, 9.17) is 4.74 Å². The summed E-state index contributed by atoms with van der Waals surface area (Å²) in [6.07, 6.45) is 11.8. The maximum Gasteiger partial charge on any atom is 0.272 e. The van der Waals surface area contributed by atoms with Crippen molar-refractivity contribution >= 4 is 5.91 Å². The molecule has 1 aliphatic rings. The topological polar surface area (TPSA) is 69.0 Å². The van der Waals surface area contributed by atoms with Gasteiger partial charge < -0.3 is 10.1 Å². The molecule has 0 saturated heterocycles. The number of rotatable bonds is 5. The van der Waals surface area contributed by atoms with Crippen molar-refractivity contribution in [2.75, 3.05) is 7.11 Å². The summed E-state index contributed by atoms with van der Waals surface area (Å²) >= 11 is 0. The Morgan fingerprint density at radius 2 is 1.80 bits per heavy atom. The Labute approximate surface area is 177 Å². The lowest BCUT2D eigenvalue weighted by molar-refractivity contribution is 0.0925. The highest BCUT2D eigenvalue weighted by molar-refractivity contribution is 5.93. The van der Waals surface area contributed by atoms with Crippen LogP contribution >= 0.6 is 0 Å². The molecule has 0 radical (unpaired) electrons. The summed E-state index contributed by atoms with van der Waals surface area (Å²) in [6.45, 7) is 0. The molecule has 1 aliphatic carbocycles. The highest BCUT2D eigenvalue weighted by atomic mass is 16.5. The Bertz CT molecular complexity index is 959. The number of pyridine rings is 1. The highest BCUT2D eigenvalue weighted by Crippen LogP contribution is 2.25. The smallest absolute Gasteiger partial charge is 0.272 e. The van der Waals surface area contributed by atoms with Crippen molar-refractivity contribution in [1.29, 1.82) is 0 Å². The van der Waals surface area contributed by atoms with E-state index in [1.54, 1.807) is 24.2 Å². The maximum absolute atomic E-state index is 13.0. The molecule has 1 aromatic carbocycles. The molecule has 6 nitrogen and oxygen atoms in total. The molecule has 30 heavy (non-hydrogen) atoms. The van der Waals surface area contributed by atoms with Crippen LogP contribution in [0.3, 0.4) is 0 Å². The van der Waals surface area contributed by atoms with E-state index in [9.17, 15) is 4.79 Å². The van der Waals surface area contributed by atoms with Gasteiger partial charge in [-0.3, -0.25) is 9.78 Å². The second kappa shape index (κ2) is 9.57. The van der Waals surface area contributed by atoms with Crippen LogP contribution in [0.2, 0.25) is 0 Å². The summed E-state index contributed by atoms with van der Waals surface area (Å²) in [5.74, 6) is 0.661. The van der Waals surface area contributed by atoms with Crippen molar-refractivity contribution in [2.45, 2.75) is 51.0 Å². The largest absolute Gasteiger partial charge is 0.497 e. The number of carbonyl (C=O) groups excluding carboxylic acids is 1. The molecule has 0 bridgehead atoms. The Morgan fingerprint density at radius 1 is 1.07 bits per heavy atom. The average Bonchev–Trinajstić information content (AvgIpc) is 3.22. The lowest BCUT2D eigenvalue weighted by Crippen LogP contribution is -2.35. The van der Waals surface area contributed by atoms with Crippen molar-refractivity contribution in [3.8, 4) is 22.7 Å². The molecule has 1 saturated carbocycles. The molecule has 0 unspecified atom stereocenters. The van der Waals surface area contributed by atoms with Gasteiger partial charge in [0.05, 0.1) is 18.5 Å². The normalized spacial score (nSPS) is 15.2. The quantitative estimate of drug-likeness (QED) is 0.664. The van der Waals surface area contributed by atoms with Gasteiger partial charge in [0, 0.05) is 24.0 Å². The zero-order valence-electron chi connectivity index (χ0n) is 17.4. The number of hydrogen-bond acceptors (Lipinski definition) is 4. The van der Waals surface area contributed by atoms with E-state index >= 15 is 0 Å². The Balaban J connectivity index is 1.63. The summed E-state index contributed by atoms with van der Waals surface area (Å²) < 4.78 is 7.06. The van der Waals surface area contributed by atoms with Crippen molar-refractivity contribution in [3.63, 3.8) is 0 Å². The molecule has 6 heteroatoms. The minimum absolute atomic E-state index is 0.113. The van der Waals surface area contributed by atoms with Crippen molar-refractivity contribution in [3.05, 3.63) is 60.6 Å². The fourth-order valence-electron chi connectivity index (χ4n) is 3.99. The summed E-state index contributed by atoms with van der Waals surface area (Å²) in [5.41, 5.74) is 3.02. The third kappa shape index (κ3) is 4.70. The van der Waals surface area contributed by atoms with Gasteiger partial charge in [0.25, 0.3) is 5.91 Å². The molecule has 2 aromatic heterocycles. The summed E-state index contributed by atoms with van der Waals surface area (Å²) in [6, 6.07) is 13.6. The van der Waals surface area contributed by atoms with E-state index < -0.39 is 0 Å². The molecule has 4 rings (SSSR count). The number of carbonyl (C=O) groups is 1. The zero-order chi connectivity index (χ0) is 20.8. The monoisotopic (exact) mass is 404 g/mol. The molecule has 2 heterocycles. The van der Waals surface area contributed by atoms with Gasteiger partial charge in [-0.25, -0.2) is 4.68 Å². The number of ether oxygens (including phenoxy) is 1. The van der Waals surface area contributed by atoms with E-state index in [0.717, 1.165) is 35.5 Å². The van der Waals surface area contributed by atoms with Gasteiger partial charge in [-0.1, -0.05) is 32.1 Å². The van der Waals surface area contributed by atoms with Crippen LogP contribution in [0.25, 0.3) is 16.9 Å². The standard InChI is InChI=1S/C24H28N4O2/c1-30-21-13-11-20(12-14-21)28-23(18-8-7-15-25-17-18)16-22(27-28)24(29)26-19-9-5-3-2-4-6-10-19/h7-8,11-17,19H,2-6,9-10H2,1H3,(H,26,29). The number of nitrogens with zero attached hydrogens (tertiary/aromatic N) is 3. The summed E-state index contributed by atoms with van der Waals surface area (Å²) in [4.78, 5) is 17.2. The predicted octanol–water partition coefficient (Wildman–Crippen LogP) is 4.79. The molecular formula is C24H28N4O2. The highest BCUT2D eigenvalue weighted by Gasteiger charge is 2.20. The Hall–Kier alpha value is -3.15. The maximum atomic E-state index is 13.0. The van der Waals surface area contributed by atoms with Crippen LogP contribution < -0.4 is 10.1 Å². The van der Waals surface area contributed by atoms with Gasteiger partial charge in [0.1, 0.15) is 5.75 Å². The SMILES string of the molecule is COc1ccc(-n2nc(C(=O)NC3CCCCCCC3)cc2-c2cccnc2)cc1. The first-order chi connectivity index (χ1) is 14.7. The van der Waals surface area contributed by atoms with Crippen LogP contribution in [0.5, 0.6) is 5.75 Å². The lowest BCUT2D eigenvalue weighted by atomic mass is 9.96. The third-order valence-electron chi connectivity index (χ3n) is 5.66. The van der Waals surface area contributed by atoms with E-state index in [1.807, 2.05) is 42.5 Å². The van der Waals surface area contributed by atoms with E-state index in [1.165, 1.54) is 32.1 Å². The van der Waals surface area contributed by atoms with Gasteiger partial charge in [-0.2, -0.15) is 5.10 Å². The van der Waals surface area contributed by atoms with Gasteiger partial charge in [0.15, 0.2) is 5.69 Å². The fraction of sp³-hybridized carbons (Fsp3) is 0.375. The van der Waals surface area contributed by atoms with Crippen LogP contribution in [-0.2, 0) is 0 Å². The first kappa shape index (κ1) is 20.1. The van der Waals surface area contributed by atoms with Crippen molar-refractivity contribution in [1.82, 2.24) is 20.1 Å². The molecule has 1 amide bonds. The zero-order valence-corrected chi connectivity index (χ0v) is 17.4. The predicted molar refractivity (Wildman–Crippen MR) is 117 cm³/mol. The number of nitrogens with one attached hydrogen (secondary N) is 1.